The summed E-state index contributed by atoms with van der Waals surface area (Å²) in [5, 5.41) is 0. The number of anilines is 2. The van der Waals surface area contributed by atoms with Gasteiger partial charge in [0.05, 0.1) is 11.4 Å². The summed E-state index contributed by atoms with van der Waals surface area (Å²) in [4.78, 5) is 0.144. The van der Waals surface area contributed by atoms with Crippen LogP contribution in [0.3, 0.4) is 0 Å². The molecular formula is C14H17N3O2S. The molecule has 0 atom stereocenters. The van der Waals surface area contributed by atoms with E-state index < -0.39 is 10.0 Å². The van der Waals surface area contributed by atoms with Gasteiger partial charge in [0, 0.05) is 7.05 Å². The average Bonchev–Trinajstić information content (AvgIpc) is 2.47. The van der Waals surface area contributed by atoms with Crippen LogP contribution in [-0.4, -0.2) is 15.5 Å². The molecule has 2 rings (SSSR count). The Morgan fingerprint density at radius 3 is 2.25 bits per heavy atom. The first-order valence-corrected chi connectivity index (χ1v) is 7.52. The number of benzene rings is 2. The van der Waals surface area contributed by atoms with Crippen molar-refractivity contribution in [3.05, 3.63) is 54.1 Å². The minimum Gasteiger partial charge on any atom is -0.323 e. The highest BCUT2D eigenvalue weighted by Gasteiger charge is 2.23. The zero-order valence-electron chi connectivity index (χ0n) is 11.4. The lowest BCUT2D eigenvalue weighted by molar-refractivity contribution is 0.594. The highest BCUT2D eigenvalue weighted by atomic mass is 32.2. The van der Waals surface area contributed by atoms with Crippen LogP contribution in [0.15, 0.2) is 53.4 Å². The molecule has 5 nitrogen and oxygen atoms in total. The Labute approximate surface area is 119 Å². The van der Waals surface area contributed by atoms with Crippen LogP contribution in [0.2, 0.25) is 0 Å². The monoisotopic (exact) mass is 291 g/mol. The van der Waals surface area contributed by atoms with Gasteiger partial charge in [-0.05, 0) is 31.2 Å². The van der Waals surface area contributed by atoms with Crippen LogP contribution in [0, 0.1) is 6.92 Å². The molecular weight excluding hydrogens is 274 g/mol. The molecule has 106 valence electrons. The first-order valence-electron chi connectivity index (χ1n) is 6.08. The summed E-state index contributed by atoms with van der Waals surface area (Å²) >= 11 is 0. The molecule has 3 N–H and O–H groups in total. The molecule has 0 heterocycles. The molecule has 0 fully saturated rings. The fourth-order valence-corrected chi connectivity index (χ4v) is 3.20. The van der Waals surface area contributed by atoms with Crippen molar-refractivity contribution in [2.24, 2.45) is 5.84 Å². The van der Waals surface area contributed by atoms with E-state index in [0.29, 0.717) is 11.4 Å². The summed E-state index contributed by atoms with van der Waals surface area (Å²) in [5.41, 5.74) is 4.45. The predicted octanol–water partition coefficient (Wildman–Crippen LogP) is 2.11. The number of nitrogens with one attached hydrogen (secondary N) is 1. The van der Waals surface area contributed by atoms with E-state index in [9.17, 15) is 8.42 Å². The summed E-state index contributed by atoms with van der Waals surface area (Å²) in [6.45, 7) is 1.95. The summed E-state index contributed by atoms with van der Waals surface area (Å²) in [5.74, 6) is 5.37. The van der Waals surface area contributed by atoms with E-state index in [1.165, 1.54) is 17.4 Å². The molecule has 0 amide bonds. The summed E-state index contributed by atoms with van der Waals surface area (Å²) in [6.07, 6.45) is 0. The molecule has 0 spiro atoms. The normalized spacial score (nSPS) is 11.2. The molecule has 0 aliphatic rings. The molecule has 0 saturated heterocycles. The van der Waals surface area contributed by atoms with E-state index >= 15 is 0 Å². The molecule has 0 aromatic heterocycles. The van der Waals surface area contributed by atoms with Crippen LogP contribution < -0.4 is 15.6 Å². The number of hydrazine groups is 1. The molecule has 20 heavy (non-hydrogen) atoms. The smallest absolute Gasteiger partial charge is 0.266 e. The minimum atomic E-state index is -3.66. The van der Waals surface area contributed by atoms with Crippen molar-refractivity contribution in [3.8, 4) is 0 Å². The van der Waals surface area contributed by atoms with Crippen molar-refractivity contribution in [1.82, 2.24) is 0 Å². The average molecular weight is 291 g/mol. The van der Waals surface area contributed by atoms with Crippen molar-refractivity contribution in [1.29, 1.82) is 0 Å². The molecule has 6 heteroatoms. The van der Waals surface area contributed by atoms with Crippen LogP contribution in [0.25, 0.3) is 0 Å². The van der Waals surface area contributed by atoms with Crippen molar-refractivity contribution in [2.45, 2.75) is 11.8 Å². The van der Waals surface area contributed by atoms with Gasteiger partial charge in [0.1, 0.15) is 4.90 Å². The number of aryl methyl sites for hydroxylation is 1. The largest absolute Gasteiger partial charge is 0.323 e. The summed E-state index contributed by atoms with van der Waals surface area (Å²) in [6, 6.07) is 13.8. The Morgan fingerprint density at radius 2 is 1.65 bits per heavy atom. The zero-order chi connectivity index (χ0) is 14.8. The van der Waals surface area contributed by atoms with Crippen molar-refractivity contribution in [3.63, 3.8) is 0 Å². The van der Waals surface area contributed by atoms with Gasteiger partial charge in [-0.3, -0.25) is 10.1 Å². The molecule has 0 radical (unpaired) electrons. The molecule has 0 unspecified atom stereocenters. The molecule has 2 aromatic rings. The first kappa shape index (κ1) is 14.4. The molecule has 0 aliphatic heterocycles. The van der Waals surface area contributed by atoms with Crippen LogP contribution in [-0.2, 0) is 10.0 Å². The van der Waals surface area contributed by atoms with Crippen LogP contribution in [0.5, 0.6) is 0 Å². The summed E-state index contributed by atoms with van der Waals surface area (Å²) in [7, 11) is -2.14. The van der Waals surface area contributed by atoms with E-state index in [-0.39, 0.29) is 4.90 Å². The summed E-state index contributed by atoms with van der Waals surface area (Å²) < 4.78 is 26.5. The van der Waals surface area contributed by atoms with E-state index in [4.69, 9.17) is 5.84 Å². The van der Waals surface area contributed by atoms with E-state index in [2.05, 4.69) is 5.43 Å². The number of sulfonamides is 1. The maximum Gasteiger partial charge on any atom is 0.266 e. The maximum atomic E-state index is 12.6. The van der Waals surface area contributed by atoms with Crippen molar-refractivity contribution < 1.29 is 8.42 Å². The predicted molar refractivity (Wildman–Crippen MR) is 81.0 cm³/mol. The minimum absolute atomic E-state index is 0.144. The lowest BCUT2D eigenvalue weighted by atomic mass is 10.2. The lowest BCUT2D eigenvalue weighted by Crippen LogP contribution is -2.27. The Morgan fingerprint density at radius 1 is 1.05 bits per heavy atom. The van der Waals surface area contributed by atoms with Gasteiger partial charge in [0.2, 0.25) is 0 Å². The van der Waals surface area contributed by atoms with Crippen molar-refractivity contribution in [2.75, 3.05) is 16.8 Å². The topological polar surface area (TPSA) is 75.4 Å². The Hall–Kier alpha value is -2.05. The van der Waals surface area contributed by atoms with Crippen molar-refractivity contribution >= 4 is 21.4 Å². The van der Waals surface area contributed by atoms with Gasteiger partial charge >= 0.3 is 0 Å². The molecule has 0 aliphatic carbocycles. The van der Waals surface area contributed by atoms with Gasteiger partial charge in [0.25, 0.3) is 10.0 Å². The van der Waals surface area contributed by atoms with Gasteiger partial charge in [-0.2, -0.15) is 0 Å². The SMILES string of the molecule is Cc1ccc(N(C)S(=O)(=O)c2ccccc2NN)cc1. The third-order valence-electron chi connectivity index (χ3n) is 3.08. The third-order valence-corrected chi connectivity index (χ3v) is 4.92. The second-order valence-corrected chi connectivity index (χ2v) is 6.39. The fraction of sp³-hybridized carbons (Fsp3) is 0.143. The Kier molecular flexibility index (Phi) is 3.96. The van der Waals surface area contributed by atoms with Crippen LogP contribution in [0.1, 0.15) is 5.56 Å². The first-order chi connectivity index (χ1) is 9.46. The Balaban J connectivity index is 2.46. The van der Waals surface area contributed by atoms with Crippen LogP contribution in [0.4, 0.5) is 11.4 Å². The van der Waals surface area contributed by atoms with E-state index in [0.717, 1.165) is 5.56 Å². The maximum absolute atomic E-state index is 12.6. The number of rotatable bonds is 4. The number of para-hydroxylation sites is 1. The molecule has 0 bridgehead atoms. The third kappa shape index (κ3) is 2.61. The van der Waals surface area contributed by atoms with Gasteiger partial charge in [-0.25, -0.2) is 8.42 Å². The number of nitrogens with zero attached hydrogens (tertiary/aromatic N) is 1. The van der Waals surface area contributed by atoms with Gasteiger partial charge in [-0.15, -0.1) is 0 Å². The standard InChI is InChI=1S/C14H17N3O2S/c1-11-7-9-12(10-8-11)17(2)20(18,19)14-6-4-3-5-13(14)16-15/h3-10,16H,15H2,1-2H3. The zero-order valence-corrected chi connectivity index (χ0v) is 12.2. The molecule has 0 saturated carbocycles. The number of nitrogens with two attached hydrogens (primary N) is 1. The van der Waals surface area contributed by atoms with Gasteiger partial charge in [-0.1, -0.05) is 29.8 Å². The van der Waals surface area contributed by atoms with E-state index in [1.807, 2.05) is 19.1 Å². The molecule has 2 aromatic carbocycles. The second-order valence-electron chi connectivity index (χ2n) is 4.45. The number of hydrogen-bond acceptors (Lipinski definition) is 4. The second kappa shape index (κ2) is 5.52. The highest BCUT2D eigenvalue weighted by Crippen LogP contribution is 2.26. The van der Waals surface area contributed by atoms with E-state index in [1.54, 1.807) is 30.3 Å². The number of hydrogen-bond donors (Lipinski definition) is 2. The van der Waals surface area contributed by atoms with Gasteiger partial charge < -0.3 is 5.43 Å². The fourth-order valence-electron chi connectivity index (χ4n) is 1.85. The highest BCUT2D eigenvalue weighted by molar-refractivity contribution is 7.93. The quantitative estimate of drug-likeness (QED) is 0.668. The van der Waals surface area contributed by atoms with Gasteiger partial charge in [0.15, 0.2) is 0 Å². The number of nitrogen functional groups attached to an aromatic ring is 1. The Bertz CT molecular complexity index is 697. The lowest BCUT2D eigenvalue weighted by Gasteiger charge is -2.21. The van der Waals surface area contributed by atoms with Crippen LogP contribution >= 0.6 is 0 Å².